The highest BCUT2D eigenvalue weighted by Gasteiger charge is 2.36. The molecule has 0 radical (unpaired) electrons. The molecule has 0 spiro atoms. The van der Waals surface area contributed by atoms with Gasteiger partial charge >= 0.3 is 12.2 Å². The van der Waals surface area contributed by atoms with Crippen LogP contribution in [-0.4, -0.2) is 36.5 Å². The minimum atomic E-state index is -0.840. The number of rotatable bonds is 4. The lowest BCUT2D eigenvalue weighted by molar-refractivity contribution is 0.0429. The Balaban J connectivity index is 3.54. The molecule has 0 saturated carbocycles. The summed E-state index contributed by atoms with van der Waals surface area (Å²) in [6.45, 7) is 14.3. The van der Waals surface area contributed by atoms with Gasteiger partial charge in [0.15, 0.2) is 0 Å². The molecule has 1 aromatic rings. The molecule has 0 fully saturated rings. The third-order valence-corrected chi connectivity index (χ3v) is 3.04. The van der Waals surface area contributed by atoms with Crippen LogP contribution >= 0.6 is 0 Å². The van der Waals surface area contributed by atoms with Crippen molar-refractivity contribution in [1.29, 1.82) is 0 Å². The number of ether oxygens (including phenoxy) is 3. The monoisotopic (exact) mass is 380 g/mol. The molecule has 0 bridgehead atoms. The first kappa shape index (κ1) is 22.6. The lowest BCUT2D eigenvalue weighted by Crippen LogP contribution is -2.44. The number of imide groups is 1. The number of methoxy groups -OCH3 is 1. The number of carbonyl (C=O) groups excluding carboxylic acids is 2. The van der Waals surface area contributed by atoms with E-state index in [1.165, 1.54) is 7.11 Å². The molecule has 152 valence electrons. The Labute approximate surface area is 162 Å². The maximum absolute atomic E-state index is 12.9. The SMILES string of the molecule is COc1cccc(NC(C)C)c1N(C(=O)OC(C)(C)C)C(=O)OC(C)(C)C. The van der Waals surface area contributed by atoms with E-state index in [2.05, 4.69) is 5.32 Å². The van der Waals surface area contributed by atoms with Gasteiger partial charge in [0, 0.05) is 6.04 Å². The molecule has 0 saturated heterocycles. The van der Waals surface area contributed by atoms with E-state index in [-0.39, 0.29) is 11.7 Å². The fourth-order valence-electron chi connectivity index (χ4n) is 2.22. The molecule has 0 atom stereocenters. The second-order valence-corrected chi connectivity index (χ2v) is 8.45. The van der Waals surface area contributed by atoms with Crippen molar-refractivity contribution in [3.63, 3.8) is 0 Å². The zero-order valence-corrected chi connectivity index (χ0v) is 17.8. The first-order valence-electron chi connectivity index (χ1n) is 8.95. The number of amides is 2. The van der Waals surface area contributed by atoms with E-state index >= 15 is 0 Å². The minimum Gasteiger partial charge on any atom is -0.494 e. The summed E-state index contributed by atoms with van der Waals surface area (Å²) in [4.78, 5) is 26.7. The highest BCUT2D eigenvalue weighted by Crippen LogP contribution is 2.38. The Hall–Kier alpha value is -2.44. The fourth-order valence-corrected chi connectivity index (χ4v) is 2.22. The van der Waals surface area contributed by atoms with Gasteiger partial charge < -0.3 is 19.5 Å². The van der Waals surface area contributed by atoms with Crippen molar-refractivity contribution < 1.29 is 23.8 Å². The van der Waals surface area contributed by atoms with Crippen LogP contribution in [0.2, 0.25) is 0 Å². The zero-order valence-electron chi connectivity index (χ0n) is 17.8. The molecule has 1 rings (SSSR count). The third-order valence-electron chi connectivity index (χ3n) is 3.04. The summed E-state index contributed by atoms with van der Waals surface area (Å²) < 4.78 is 16.3. The summed E-state index contributed by atoms with van der Waals surface area (Å²) in [5, 5.41) is 3.23. The number of anilines is 2. The summed E-state index contributed by atoms with van der Waals surface area (Å²) in [5.74, 6) is 0.345. The molecule has 7 heteroatoms. The van der Waals surface area contributed by atoms with Crippen molar-refractivity contribution in [3.8, 4) is 5.75 Å². The third kappa shape index (κ3) is 7.00. The minimum absolute atomic E-state index is 0.0648. The molecule has 0 aliphatic rings. The highest BCUT2D eigenvalue weighted by atomic mass is 16.6. The van der Waals surface area contributed by atoms with E-state index in [9.17, 15) is 9.59 Å². The van der Waals surface area contributed by atoms with E-state index in [0.29, 0.717) is 11.4 Å². The van der Waals surface area contributed by atoms with E-state index in [4.69, 9.17) is 14.2 Å². The predicted molar refractivity (Wildman–Crippen MR) is 107 cm³/mol. The Morgan fingerprint density at radius 1 is 0.963 bits per heavy atom. The van der Waals surface area contributed by atoms with Gasteiger partial charge in [-0.15, -0.1) is 0 Å². The van der Waals surface area contributed by atoms with Crippen LogP contribution in [0.5, 0.6) is 5.75 Å². The van der Waals surface area contributed by atoms with Gasteiger partial charge in [-0.1, -0.05) is 6.07 Å². The van der Waals surface area contributed by atoms with Crippen LogP contribution in [0.15, 0.2) is 18.2 Å². The first-order valence-corrected chi connectivity index (χ1v) is 8.95. The number of carbonyl (C=O) groups is 2. The van der Waals surface area contributed by atoms with Gasteiger partial charge in [0.25, 0.3) is 0 Å². The Morgan fingerprint density at radius 2 is 1.44 bits per heavy atom. The molecule has 0 heterocycles. The summed E-state index contributed by atoms with van der Waals surface area (Å²) >= 11 is 0. The van der Waals surface area contributed by atoms with Gasteiger partial charge in [-0.25, -0.2) is 9.59 Å². The van der Waals surface area contributed by atoms with Crippen molar-refractivity contribution >= 4 is 23.6 Å². The molecule has 1 aromatic carbocycles. The molecule has 2 amide bonds. The molecule has 0 unspecified atom stereocenters. The fraction of sp³-hybridized carbons (Fsp3) is 0.600. The molecule has 7 nitrogen and oxygen atoms in total. The summed E-state index contributed by atoms with van der Waals surface area (Å²) in [6.07, 6.45) is -1.68. The summed E-state index contributed by atoms with van der Waals surface area (Å²) in [6, 6.07) is 5.27. The van der Waals surface area contributed by atoms with Crippen molar-refractivity contribution in [3.05, 3.63) is 18.2 Å². The van der Waals surface area contributed by atoms with Crippen LogP contribution in [0.4, 0.5) is 21.0 Å². The predicted octanol–water partition coefficient (Wildman–Crippen LogP) is 5.19. The van der Waals surface area contributed by atoms with Crippen LogP contribution < -0.4 is 15.0 Å². The van der Waals surface area contributed by atoms with Crippen molar-refractivity contribution in [2.24, 2.45) is 0 Å². The van der Waals surface area contributed by atoms with Gasteiger partial charge in [0.05, 0.1) is 12.8 Å². The Kier molecular flexibility index (Phi) is 7.11. The highest BCUT2D eigenvalue weighted by molar-refractivity contribution is 6.13. The molecule has 0 aliphatic carbocycles. The molecule has 1 N–H and O–H groups in total. The van der Waals surface area contributed by atoms with Crippen molar-refractivity contribution in [2.75, 3.05) is 17.3 Å². The number of benzene rings is 1. The Morgan fingerprint density at radius 3 is 1.81 bits per heavy atom. The Bertz CT molecular complexity index is 644. The molecular weight excluding hydrogens is 348 g/mol. The molecule has 0 aliphatic heterocycles. The standard InChI is InChI=1S/C20H32N2O5/c1-13(2)21-14-11-10-12-15(25-9)16(14)22(17(23)26-19(3,4)5)18(24)27-20(6,7)8/h10-13,21H,1-9H3. The lowest BCUT2D eigenvalue weighted by atomic mass is 10.2. The van der Waals surface area contributed by atoms with Gasteiger partial charge in [-0.05, 0) is 67.5 Å². The number of nitrogens with zero attached hydrogens (tertiary/aromatic N) is 1. The summed E-state index contributed by atoms with van der Waals surface area (Å²) in [7, 11) is 1.47. The first-order chi connectivity index (χ1) is 12.2. The number of para-hydroxylation sites is 1. The van der Waals surface area contributed by atoms with Gasteiger partial charge in [0.1, 0.15) is 22.6 Å². The van der Waals surface area contributed by atoms with Crippen molar-refractivity contribution in [1.82, 2.24) is 0 Å². The smallest absolute Gasteiger partial charge is 0.424 e. The van der Waals surface area contributed by atoms with E-state index in [1.807, 2.05) is 13.8 Å². The second-order valence-electron chi connectivity index (χ2n) is 8.45. The van der Waals surface area contributed by atoms with Crippen molar-refractivity contribution in [2.45, 2.75) is 72.6 Å². The van der Waals surface area contributed by atoms with Crippen LogP contribution in [-0.2, 0) is 9.47 Å². The second kappa shape index (κ2) is 8.50. The maximum atomic E-state index is 12.9. The van der Waals surface area contributed by atoms with Gasteiger partial charge in [0.2, 0.25) is 0 Å². The summed E-state index contributed by atoms with van der Waals surface area (Å²) in [5.41, 5.74) is -0.769. The molecular formula is C20H32N2O5. The van der Waals surface area contributed by atoms with E-state index < -0.39 is 23.4 Å². The number of hydrogen-bond donors (Lipinski definition) is 1. The number of nitrogens with one attached hydrogen (secondary N) is 1. The lowest BCUT2D eigenvalue weighted by Gasteiger charge is -2.30. The average molecular weight is 380 g/mol. The maximum Gasteiger partial charge on any atom is 0.424 e. The van der Waals surface area contributed by atoms with E-state index in [1.54, 1.807) is 59.7 Å². The topological polar surface area (TPSA) is 77.1 Å². The van der Waals surface area contributed by atoms with Gasteiger partial charge in [-0.2, -0.15) is 4.90 Å². The normalized spacial score (nSPS) is 11.8. The zero-order chi connectivity index (χ0) is 21.0. The average Bonchev–Trinajstić information content (AvgIpc) is 2.44. The number of hydrogen-bond acceptors (Lipinski definition) is 6. The molecule has 0 aromatic heterocycles. The van der Waals surface area contributed by atoms with Gasteiger partial charge in [-0.3, -0.25) is 0 Å². The largest absolute Gasteiger partial charge is 0.494 e. The quantitative estimate of drug-likeness (QED) is 0.774. The van der Waals surface area contributed by atoms with Crippen LogP contribution in [0.3, 0.4) is 0 Å². The van der Waals surface area contributed by atoms with Crippen LogP contribution in [0.25, 0.3) is 0 Å². The molecule has 27 heavy (non-hydrogen) atoms. The van der Waals surface area contributed by atoms with Crippen LogP contribution in [0.1, 0.15) is 55.4 Å². The van der Waals surface area contributed by atoms with Crippen LogP contribution in [0, 0.1) is 0 Å². The van der Waals surface area contributed by atoms with E-state index in [0.717, 1.165) is 4.90 Å².